The van der Waals surface area contributed by atoms with Crippen LogP contribution in [0.2, 0.25) is 0 Å². The molecule has 0 fully saturated rings. The molecule has 0 bridgehead atoms. The number of hydrogen-bond acceptors (Lipinski definition) is 2. The van der Waals surface area contributed by atoms with Gasteiger partial charge in [0.1, 0.15) is 5.82 Å². The molecule has 2 nitrogen and oxygen atoms in total. The molecule has 1 aromatic rings. The van der Waals surface area contributed by atoms with E-state index in [0.29, 0.717) is 0 Å². The van der Waals surface area contributed by atoms with Crippen LogP contribution in [0.5, 0.6) is 0 Å². The Balaban J connectivity index is 2.69. The highest BCUT2D eigenvalue weighted by molar-refractivity contribution is 8.02. The van der Waals surface area contributed by atoms with Crippen molar-refractivity contribution in [2.45, 2.75) is 13.8 Å². The minimum absolute atomic E-state index is 1.02. The molecular formula is C9H14N2S. The lowest BCUT2D eigenvalue weighted by molar-refractivity contribution is 0.860. The van der Waals surface area contributed by atoms with Crippen molar-refractivity contribution in [3.05, 3.63) is 23.1 Å². The normalized spacial score (nSPS) is 11.2. The van der Waals surface area contributed by atoms with Gasteiger partial charge in [-0.3, -0.25) is 0 Å². The van der Waals surface area contributed by atoms with E-state index in [1.54, 1.807) is 11.8 Å². The van der Waals surface area contributed by atoms with Crippen LogP contribution >= 0.6 is 11.8 Å². The highest BCUT2D eigenvalue weighted by atomic mass is 32.2. The van der Waals surface area contributed by atoms with Crippen molar-refractivity contribution < 1.29 is 0 Å². The molecule has 3 heteroatoms. The molecule has 0 N–H and O–H groups in total. The first-order chi connectivity index (χ1) is 5.75. The molecule has 1 heterocycles. The smallest absolute Gasteiger partial charge is 0.133 e. The summed E-state index contributed by atoms with van der Waals surface area (Å²) in [5, 5.41) is 2.09. The van der Waals surface area contributed by atoms with E-state index >= 15 is 0 Å². The van der Waals surface area contributed by atoms with Crippen LogP contribution in [0.25, 0.3) is 6.08 Å². The van der Waals surface area contributed by atoms with E-state index < -0.39 is 0 Å². The summed E-state index contributed by atoms with van der Waals surface area (Å²) in [5.41, 5.74) is 1.19. The Morgan fingerprint density at radius 2 is 2.42 bits per heavy atom. The summed E-state index contributed by atoms with van der Waals surface area (Å²) in [7, 11) is 2.03. The molecular weight excluding hydrogens is 168 g/mol. The van der Waals surface area contributed by atoms with Crippen molar-refractivity contribution in [3.63, 3.8) is 0 Å². The molecule has 0 saturated heterocycles. The van der Waals surface area contributed by atoms with Crippen molar-refractivity contribution in [2.24, 2.45) is 7.05 Å². The van der Waals surface area contributed by atoms with Crippen molar-refractivity contribution in [3.8, 4) is 0 Å². The Morgan fingerprint density at radius 3 is 2.92 bits per heavy atom. The van der Waals surface area contributed by atoms with E-state index in [9.17, 15) is 0 Å². The van der Waals surface area contributed by atoms with E-state index in [-0.39, 0.29) is 0 Å². The van der Waals surface area contributed by atoms with Gasteiger partial charge in [-0.15, -0.1) is 11.8 Å². The largest absolute Gasteiger partial charge is 0.332 e. The first-order valence-corrected chi connectivity index (χ1v) is 5.07. The Hall–Kier alpha value is -0.700. The van der Waals surface area contributed by atoms with E-state index in [1.807, 2.05) is 19.3 Å². The van der Waals surface area contributed by atoms with Gasteiger partial charge in [0.25, 0.3) is 0 Å². The van der Waals surface area contributed by atoms with Gasteiger partial charge in [-0.1, -0.05) is 6.92 Å². The maximum Gasteiger partial charge on any atom is 0.133 e. The molecule has 1 aromatic heterocycles. The van der Waals surface area contributed by atoms with Crippen LogP contribution in [0, 0.1) is 6.92 Å². The standard InChI is InChI=1S/C9H14N2S/c1-4-12-6-5-9-10-7-8(2)11(9)3/h5-7H,4H2,1-3H3. The Kier molecular flexibility index (Phi) is 3.41. The summed E-state index contributed by atoms with van der Waals surface area (Å²) in [6.07, 6.45) is 3.93. The van der Waals surface area contributed by atoms with Crippen LogP contribution in [0.4, 0.5) is 0 Å². The summed E-state index contributed by atoms with van der Waals surface area (Å²) in [6.45, 7) is 4.19. The van der Waals surface area contributed by atoms with Crippen molar-refractivity contribution in [1.29, 1.82) is 0 Å². The fourth-order valence-electron chi connectivity index (χ4n) is 0.873. The van der Waals surface area contributed by atoms with Crippen LogP contribution in [-0.4, -0.2) is 15.3 Å². The lowest BCUT2D eigenvalue weighted by Gasteiger charge is -1.96. The second-order valence-electron chi connectivity index (χ2n) is 2.57. The number of aryl methyl sites for hydroxylation is 1. The van der Waals surface area contributed by atoms with Crippen molar-refractivity contribution >= 4 is 17.8 Å². The van der Waals surface area contributed by atoms with Crippen LogP contribution in [0.15, 0.2) is 11.6 Å². The predicted molar refractivity (Wildman–Crippen MR) is 55.1 cm³/mol. The lowest BCUT2D eigenvalue weighted by atomic mass is 10.5. The van der Waals surface area contributed by atoms with Gasteiger partial charge in [0, 0.05) is 18.9 Å². The summed E-state index contributed by atoms with van der Waals surface area (Å²) in [4.78, 5) is 4.25. The van der Waals surface area contributed by atoms with Gasteiger partial charge in [-0.05, 0) is 24.2 Å². The fourth-order valence-corrected chi connectivity index (χ4v) is 1.28. The van der Waals surface area contributed by atoms with E-state index in [4.69, 9.17) is 0 Å². The van der Waals surface area contributed by atoms with Crippen LogP contribution < -0.4 is 0 Å². The van der Waals surface area contributed by atoms with E-state index in [2.05, 4.69) is 28.8 Å². The first-order valence-electron chi connectivity index (χ1n) is 4.02. The zero-order chi connectivity index (χ0) is 8.97. The highest BCUT2D eigenvalue weighted by Crippen LogP contribution is 2.07. The first kappa shape index (κ1) is 9.39. The lowest BCUT2D eigenvalue weighted by Crippen LogP contribution is -1.92. The third-order valence-corrected chi connectivity index (χ3v) is 2.40. The maximum atomic E-state index is 4.25. The van der Waals surface area contributed by atoms with Crippen molar-refractivity contribution in [2.75, 3.05) is 5.75 Å². The van der Waals surface area contributed by atoms with Gasteiger partial charge in [-0.25, -0.2) is 4.98 Å². The zero-order valence-electron chi connectivity index (χ0n) is 7.74. The highest BCUT2D eigenvalue weighted by Gasteiger charge is 1.96. The fraction of sp³-hybridized carbons (Fsp3) is 0.444. The molecule has 12 heavy (non-hydrogen) atoms. The molecule has 66 valence electrons. The third-order valence-electron chi connectivity index (χ3n) is 1.74. The zero-order valence-corrected chi connectivity index (χ0v) is 8.56. The van der Waals surface area contributed by atoms with Crippen LogP contribution in [-0.2, 0) is 7.05 Å². The quantitative estimate of drug-likeness (QED) is 0.714. The molecule has 0 radical (unpaired) electrons. The molecule has 1 rings (SSSR count). The number of hydrogen-bond donors (Lipinski definition) is 0. The second-order valence-corrected chi connectivity index (χ2v) is 3.76. The second kappa shape index (κ2) is 4.36. The van der Waals surface area contributed by atoms with E-state index in [1.165, 1.54) is 5.69 Å². The van der Waals surface area contributed by atoms with Gasteiger partial charge in [0.05, 0.1) is 0 Å². The molecule has 0 unspecified atom stereocenters. The van der Waals surface area contributed by atoms with Gasteiger partial charge in [-0.2, -0.15) is 0 Å². The monoisotopic (exact) mass is 182 g/mol. The molecule has 0 saturated carbocycles. The average molecular weight is 182 g/mol. The number of aromatic nitrogens is 2. The van der Waals surface area contributed by atoms with Gasteiger partial charge in [0.2, 0.25) is 0 Å². The minimum Gasteiger partial charge on any atom is -0.332 e. The van der Waals surface area contributed by atoms with Crippen LogP contribution in [0.1, 0.15) is 18.4 Å². The Labute approximate surface area is 77.7 Å². The summed E-state index contributed by atoms with van der Waals surface area (Å²) >= 11 is 1.79. The molecule has 0 aliphatic rings. The topological polar surface area (TPSA) is 17.8 Å². The number of nitrogens with zero attached hydrogens (tertiary/aromatic N) is 2. The van der Waals surface area contributed by atoms with Gasteiger partial charge in [0.15, 0.2) is 0 Å². The molecule has 0 aromatic carbocycles. The number of rotatable bonds is 3. The molecule has 0 spiro atoms. The molecule has 0 amide bonds. The molecule has 0 aliphatic heterocycles. The number of thioether (sulfide) groups is 1. The SMILES string of the molecule is CCSC=Cc1ncc(C)n1C. The number of imidazole rings is 1. The predicted octanol–water partition coefficient (Wildman–Crippen LogP) is 2.45. The van der Waals surface area contributed by atoms with Gasteiger partial charge < -0.3 is 4.57 Å². The summed E-state index contributed by atoms with van der Waals surface area (Å²) in [6, 6.07) is 0. The summed E-state index contributed by atoms with van der Waals surface area (Å²) < 4.78 is 2.08. The third kappa shape index (κ3) is 2.14. The van der Waals surface area contributed by atoms with Gasteiger partial charge >= 0.3 is 0 Å². The van der Waals surface area contributed by atoms with Crippen LogP contribution in [0.3, 0.4) is 0 Å². The minimum atomic E-state index is 1.02. The summed E-state index contributed by atoms with van der Waals surface area (Å²) in [5.74, 6) is 2.13. The van der Waals surface area contributed by atoms with E-state index in [0.717, 1.165) is 11.6 Å². The van der Waals surface area contributed by atoms with Crippen molar-refractivity contribution in [1.82, 2.24) is 9.55 Å². The Morgan fingerprint density at radius 1 is 1.67 bits per heavy atom. The maximum absolute atomic E-state index is 4.25. The average Bonchev–Trinajstić information content (AvgIpc) is 2.36. The molecule has 0 atom stereocenters. The Bertz CT molecular complexity index is 276. The molecule has 0 aliphatic carbocycles.